The van der Waals surface area contributed by atoms with Crippen molar-refractivity contribution in [2.45, 2.75) is 26.3 Å². The molecule has 0 aliphatic carbocycles. The van der Waals surface area contributed by atoms with Gasteiger partial charge in [0, 0.05) is 17.8 Å². The topological polar surface area (TPSA) is 49.3 Å². The third-order valence-electron chi connectivity index (χ3n) is 2.35. The number of carboxylic acids is 1. The summed E-state index contributed by atoms with van der Waals surface area (Å²) in [5.41, 5.74) is 1.94. The van der Waals surface area contributed by atoms with Gasteiger partial charge in [0.1, 0.15) is 0 Å². The standard InChI is InChI=1S/C13H17NO2/c1-3-10(2)14-12-7-4-11(5-8-12)6-9-13(15)16/h4-10,14H,3H2,1-2H3,(H,15,16)/b9-6+. The number of carboxylic acid groups (broad SMARTS) is 1. The van der Waals surface area contributed by atoms with Crippen molar-refractivity contribution in [1.82, 2.24) is 0 Å². The number of rotatable bonds is 5. The second kappa shape index (κ2) is 5.95. The minimum atomic E-state index is -0.929. The van der Waals surface area contributed by atoms with E-state index in [2.05, 4.69) is 19.2 Å². The summed E-state index contributed by atoms with van der Waals surface area (Å²) >= 11 is 0. The SMILES string of the molecule is CCC(C)Nc1ccc(/C=C/C(=O)O)cc1. The lowest BCUT2D eigenvalue weighted by Crippen LogP contribution is -2.12. The summed E-state index contributed by atoms with van der Waals surface area (Å²) in [6.45, 7) is 4.25. The molecule has 0 fully saturated rings. The minimum absolute atomic E-state index is 0.445. The van der Waals surface area contributed by atoms with Crippen molar-refractivity contribution in [3.8, 4) is 0 Å². The number of hydrogen-bond donors (Lipinski definition) is 2. The number of nitrogens with one attached hydrogen (secondary N) is 1. The van der Waals surface area contributed by atoms with Crippen molar-refractivity contribution in [2.24, 2.45) is 0 Å². The van der Waals surface area contributed by atoms with E-state index >= 15 is 0 Å². The van der Waals surface area contributed by atoms with Crippen LogP contribution in [-0.2, 0) is 4.79 Å². The predicted molar refractivity (Wildman–Crippen MR) is 66.5 cm³/mol. The van der Waals surface area contributed by atoms with Crippen LogP contribution in [0.25, 0.3) is 6.08 Å². The Balaban J connectivity index is 2.64. The van der Waals surface area contributed by atoms with Gasteiger partial charge in [-0.25, -0.2) is 4.79 Å². The van der Waals surface area contributed by atoms with Crippen LogP contribution in [0.5, 0.6) is 0 Å². The van der Waals surface area contributed by atoms with Gasteiger partial charge in [-0.2, -0.15) is 0 Å². The number of benzene rings is 1. The maximum Gasteiger partial charge on any atom is 0.328 e. The molecule has 0 saturated heterocycles. The zero-order chi connectivity index (χ0) is 12.0. The molecule has 3 heteroatoms. The zero-order valence-electron chi connectivity index (χ0n) is 9.60. The normalized spacial score (nSPS) is 12.6. The average Bonchev–Trinajstić information content (AvgIpc) is 2.28. The van der Waals surface area contributed by atoms with Crippen molar-refractivity contribution >= 4 is 17.7 Å². The molecule has 0 aliphatic rings. The first kappa shape index (κ1) is 12.3. The summed E-state index contributed by atoms with van der Waals surface area (Å²) in [5, 5.41) is 11.8. The van der Waals surface area contributed by atoms with Gasteiger partial charge in [0.15, 0.2) is 0 Å². The van der Waals surface area contributed by atoms with Gasteiger partial charge in [0.2, 0.25) is 0 Å². The van der Waals surface area contributed by atoms with E-state index in [1.807, 2.05) is 24.3 Å². The van der Waals surface area contributed by atoms with E-state index in [-0.39, 0.29) is 0 Å². The highest BCUT2D eigenvalue weighted by atomic mass is 16.4. The highest BCUT2D eigenvalue weighted by Crippen LogP contribution is 2.12. The lowest BCUT2D eigenvalue weighted by atomic mass is 10.1. The summed E-state index contributed by atoms with van der Waals surface area (Å²) in [6, 6.07) is 8.13. The van der Waals surface area contributed by atoms with Crippen LogP contribution in [0, 0.1) is 0 Å². The van der Waals surface area contributed by atoms with Crippen LogP contribution < -0.4 is 5.32 Å². The molecule has 86 valence electrons. The van der Waals surface area contributed by atoms with E-state index in [1.165, 1.54) is 0 Å². The quantitative estimate of drug-likeness (QED) is 0.748. The lowest BCUT2D eigenvalue weighted by molar-refractivity contribution is -0.131. The van der Waals surface area contributed by atoms with Crippen LogP contribution in [0.4, 0.5) is 5.69 Å². The second-order valence-corrected chi connectivity index (χ2v) is 3.75. The fourth-order valence-corrected chi connectivity index (χ4v) is 1.24. The molecule has 0 amide bonds. The van der Waals surface area contributed by atoms with Crippen molar-refractivity contribution in [3.05, 3.63) is 35.9 Å². The van der Waals surface area contributed by atoms with E-state index in [0.29, 0.717) is 6.04 Å². The number of anilines is 1. The average molecular weight is 219 g/mol. The van der Waals surface area contributed by atoms with Crippen LogP contribution in [0.2, 0.25) is 0 Å². The summed E-state index contributed by atoms with van der Waals surface area (Å²) in [5.74, 6) is -0.929. The maximum atomic E-state index is 10.3. The number of aliphatic carboxylic acids is 1. The third-order valence-corrected chi connectivity index (χ3v) is 2.35. The molecule has 2 N–H and O–H groups in total. The largest absolute Gasteiger partial charge is 0.478 e. The molecule has 3 nitrogen and oxygen atoms in total. The molecule has 0 saturated carbocycles. The molecule has 0 spiro atoms. The first-order valence-corrected chi connectivity index (χ1v) is 5.39. The van der Waals surface area contributed by atoms with Gasteiger partial charge < -0.3 is 10.4 Å². The minimum Gasteiger partial charge on any atom is -0.478 e. The van der Waals surface area contributed by atoms with Gasteiger partial charge in [0.25, 0.3) is 0 Å². The lowest BCUT2D eigenvalue weighted by Gasteiger charge is -2.12. The van der Waals surface area contributed by atoms with Crippen molar-refractivity contribution in [3.63, 3.8) is 0 Å². The van der Waals surface area contributed by atoms with Crippen LogP contribution in [0.3, 0.4) is 0 Å². The highest BCUT2D eigenvalue weighted by molar-refractivity contribution is 5.85. The molecule has 1 rings (SSSR count). The number of carbonyl (C=O) groups is 1. The molecule has 0 radical (unpaired) electrons. The van der Waals surface area contributed by atoms with Gasteiger partial charge in [-0.05, 0) is 37.1 Å². The van der Waals surface area contributed by atoms with E-state index in [0.717, 1.165) is 23.7 Å². The van der Waals surface area contributed by atoms with Gasteiger partial charge in [-0.15, -0.1) is 0 Å². The Morgan fingerprint density at radius 3 is 2.56 bits per heavy atom. The fourth-order valence-electron chi connectivity index (χ4n) is 1.24. The van der Waals surface area contributed by atoms with Crippen LogP contribution >= 0.6 is 0 Å². The smallest absolute Gasteiger partial charge is 0.328 e. The van der Waals surface area contributed by atoms with Crippen molar-refractivity contribution in [1.29, 1.82) is 0 Å². The third kappa shape index (κ3) is 4.17. The van der Waals surface area contributed by atoms with Gasteiger partial charge >= 0.3 is 5.97 Å². The summed E-state index contributed by atoms with van der Waals surface area (Å²) < 4.78 is 0. The van der Waals surface area contributed by atoms with Gasteiger partial charge in [-0.3, -0.25) is 0 Å². The second-order valence-electron chi connectivity index (χ2n) is 3.75. The zero-order valence-corrected chi connectivity index (χ0v) is 9.60. The van der Waals surface area contributed by atoms with Crippen molar-refractivity contribution in [2.75, 3.05) is 5.32 Å². The molecular formula is C13H17NO2. The van der Waals surface area contributed by atoms with Gasteiger partial charge in [-0.1, -0.05) is 19.1 Å². The molecular weight excluding hydrogens is 202 g/mol. The Bertz CT molecular complexity index is 368. The molecule has 0 bridgehead atoms. The monoisotopic (exact) mass is 219 g/mol. The summed E-state index contributed by atoms with van der Waals surface area (Å²) in [4.78, 5) is 10.3. The molecule has 1 atom stereocenters. The number of hydrogen-bond acceptors (Lipinski definition) is 2. The molecule has 16 heavy (non-hydrogen) atoms. The van der Waals surface area contributed by atoms with Crippen LogP contribution in [0.1, 0.15) is 25.8 Å². The Hall–Kier alpha value is -1.77. The molecule has 0 aliphatic heterocycles. The molecule has 0 heterocycles. The molecule has 1 aromatic rings. The van der Waals surface area contributed by atoms with E-state index in [1.54, 1.807) is 6.08 Å². The van der Waals surface area contributed by atoms with E-state index in [9.17, 15) is 4.79 Å². The molecule has 1 aromatic carbocycles. The molecule has 1 unspecified atom stereocenters. The van der Waals surface area contributed by atoms with Crippen molar-refractivity contribution < 1.29 is 9.90 Å². The van der Waals surface area contributed by atoms with E-state index < -0.39 is 5.97 Å². The van der Waals surface area contributed by atoms with Crippen LogP contribution in [0.15, 0.2) is 30.3 Å². The Morgan fingerprint density at radius 1 is 1.44 bits per heavy atom. The fraction of sp³-hybridized carbons (Fsp3) is 0.308. The Morgan fingerprint density at radius 2 is 2.06 bits per heavy atom. The Kier molecular flexibility index (Phi) is 4.58. The van der Waals surface area contributed by atoms with E-state index in [4.69, 9.17) is 5.11 Å². The maximum absolute atomic E-state index is 10.3. The first-order chi connectivity index (χ1) is 7.61. The summed E-state index contributed by atoms with van der Waals surface area (Å²) in [6.07, 6.45) is 3.78. The molecule has 0 aromatic heterocycles. The van der Waals surface area contributed by atoms with Crippen LogP contribution in [-0.4, -0.2) is 17.1 Å². The Labute approximate surface area is 95.8 Å². The summed E-state index contributed by atoms with van der Waals surface area (Å²) in [7, 11) is 0. The predicted octanol–water partition coefficient (Wildman–Crippen LogP) is 2.99. The first-order valence-electron chi connectivity index (χ1n) is 5.39. The highest BCUT2D eigenvalue weighted by Gasteiger charge is 1.97. The van der Waals surface area contributed by atoms with Gasteiger partial charge in [0.05, 0.1) is 0 Å².